The fourth-order valence-corrected chi connectivity index (χ4v) is 6.44. The minimum Gasteiger partial charge on any atom is -0.464 e. The van der Waals surface area contributed by atoms with E-state index < -0.39 is 24.0 Å². The number of carbonyl (C=O) groups is 3. The average Bonchev–Trinajstić information content (AvgIpc) is 3.63. The number of furan rings is 1. The minimum atomic E-state index is -0.755. The number of hydrogen-bond acceptors (Lipinski definition) is 9. The van der Waals surface area contributed by atoms with Crippen LogP contribution in [0.1, 0.15) is 51.1 Å². The zero-order valence-corrected chi connectivity index (χ0v) is 27.9. The molecule has 49 heavy (non-hydrogen) atoms. The van der Waals surface area contributed by atoms with Gasteiger partial charge >= 0.3 is 0 Å². The van der Waals surface area contributed by atoms with Crippen molar-refractivity contribution in [3.63, 3.8) is 0 Å². The number of carbonyl (C=O) groups excluding carboxylic acids is 3. The van der Waals surface area contributed by atoms with E-state index in [9.17, 15) is 14.4 Å². The molecule has 6 rings (SSSR count). The summed E-state index contributed by atoms with van der Waals surface area (Å²) in [5.41, 5.74) is 3.62. The van der Waals surface area contributed by atoms with Crippen molar-refractivity contribution in [3.8, 4) is 0 Å². The molecule has 0 saturated heterocycles. The highest BCUT2D eigenvalue weighted by molar-refractivity contribution is 6.37. The van der Waals surface area contributed by atoms with Gasteiger partial charge in [-0.05, 0) is 74.4 Å². The lowest BCUT2D eigenvalue weighted by Crippen LogP contribution is -2.38. The van der Waals surface area contributed by atoms with Crippen LogP contribution in [-0.2, 0) is 23.7 Å². The summed E-state index contributed by atoms with van der Waals surface area (Å²) in [4.78, 5) is 41.1. The number of anilines is 2. The number of benzene rings is 3. The van der Waals surface area contributed by atoms with E-state index in [-0.39, 0.29) is 41.9 Å². The molecule has 0 unspecified atom stereocenters. The first-order valence-electron chi connectivity index (χ1n) is 16.1. The number of nitrogens with one attached hydrogen (secondary N) is 1. The Balaban J connectivity index is 1.23. The van der Waals surface area contributed by atoms with Crippen LogP contribution in [0.3, 0.4) is 0 Å². The van der Waals surface area contributed by atoms with Gasteiger partial charge in [0.25, 0.3) is 17.7 Å². The number of aryl methyl sites for hydroxylation is 1. The van der Waals surface area contributed by atoms with E-state index in [0.29, 0.717) is 54.8 Å². The third-order valence-corrected chi connectivity index (χ3v) is 8.79. The molecule has 0 saturated carbocycles. The summed E-state index contributed by atoms with van der Waals surface area (Å²) in [6, 6.07) is 17.3. The largest absolute Gasteiger partial charge is 0.464 e. The first kappa shape index (κ1) is 34.3. The highest BCUT2D eigenvalue weighted by Crippen LogP contribution is 2.42. The predicted octanol–water partition coefficient (Wildman–Crippen LogP) is 6.23. The number of aliphatic hydroxyl groups is 1. The topological polar surface area (TPSA) is 137 Å². The molecule has 4 aromatic rings. The third kappa shape index (κ3) is 7.26. The van der Waals surface area contributed by atoms with E-state index in [1.165, 1.54) is 6.07 Å². The normalized spacial score (nSPS) is 18.8. The number of allylic oxidation sites excluding steroid dienone is 1. The van der Waals surface area contributed by atoms with Gasteiger partial charge in [-0.1, -0.05) is 29.8 Å². The average molecular weight is 689 g/mol. The van der Waals surface area contributed by atoms with Crippen molar-refractivity contribution >= 4 is 51.7 Å². The number of ether oxygens (including phenoxy) is 4. The molecule has 3 amide bonds. The van der Waals surface area contributed by atoms with Gasteiger partial charge in [-0.2, -0.15) is 0 Å². The number of rotatable bonds is 14. The molecule has 0 spiro atoms. The van der Waals surface area contributed by atoms with Crippen LogP contribution in [0.2, 0.25) is 5.02 Å². The Morgan fingerprint density at radius 1 is 0.980 bits per heavy atom. The first-order chi connectivity index (χ1) is 23.8. The fourth-order valence-electron chi connectivity index (χ4n) is 6.27. The standard InChI is InChI=1S/C37H37ClN2O9/c1-3-47-37-27(12-14-45-16-17-46-15-13-41)28(30-21-48-32-7-5-4-6-25(30)32)20-33(49-37)34(42)39-24-9-11-31(22(2)18-24)40-35(43)26-10-8-23(38)19-29(26)36(40)44/h4-11,18-21,27-28,37,41H,3,12-17H2,1-2H3,(H,39,42)/t27-,28+,37-/m1/s1. The SMILES string of the molecule is CCO[C@@H]1OC(C(=O)Nc2ccc(N3C(=O)c4ccc(Cl)cc4C3=O)c(C)c2)=C[C@H](c2coc3ccccc23)[C@H]1CCOCCOCCO. The van der Waals surface area contributed by atoms with Crippen LogP contribution in [0.5, 0.6) is 0 Å². The molecule has 0 fully saturated rings. The second kappa shape index (κ2) is 15.4. The van der Waals surface area contributed by atoms with Crippen molar-refractivity contribution in [1.29, 1.82) is 0 Å². The highest BCUT2D eigenvalue weighted by atomic mass is 35.5. The summed E-state index contributed by atoms with van der Waals surface area (Å²) >= 11 is 6.07. The molecule has 12 heteroatoms. The van der Waals surface area contributed by atoms with Gasteiger partial charge in [-0.3, -0.25) is 14.4 Å². The summed E-state index contributed by atoms with van der Waals surface area (Å²) in [5, 5.41) is 13.1. The van der Waals surface area contributed by atoms with Gasteiger partial charge in [-0.15, -0.1) is 0 Å². The number of aliphatic hydroxyl groups excluding tert-OH is 1. The Kier molecular flexibility index (Phi) is 10.8. The van der Waals surface area contributed by atoms with E-state index in [2.05, 4.69) is 5.32 Å². The van der Waals surface area contributed by atoms with Crippen LogP contribution in [0, 0.1) is 12.8 Å². The number of imide groups is 1. The molecule has 256 valence electrons. The van der Waals surface area contributed by atoms with Crippen molar-refractivity contribution < 1.29 is 42.9 Å². The van der Waals surface area contributed by atoms with Crippen LogP contribution in [0.15, 0.2) is 83.2 Å². The molecule has 3 heterocycles. The molecule has 0 radical (unpaired) electrons. The molecule has 1 aromatic heterocycles. The van der Waals surface area contributed by atoms with Crippen LogP contribution >= 0.6 is 11.6 Å². The number of amides is 3. The molecular formula is C37H37ClN2O9. The van der Waals surface area contributed by atoms with E-state index in [1.54, 1.807) is 49.6 Å². The van der Waals surface area contributed by atoms with Crippen molar-refractivity contribution in [2.75, 3.05) is 49.9 Å². The smallest absolute Gasteiger partial charge is 0.290 e. The first-order valence-corrected chi connectivity index (χ1v) is 16.5. The molecule has 3 aromatic carbocycles. The lowest BCUT2D eigenvalue weighted by molar-refractivity contribution is -0.166. The van der Waals surface area contributed by atoms with Gasteiger partial charge in [-0.25, -0.2) is 4.90 Å². The quantitative estimate of drug-likeness (QED) is 0.117. The van der Waals surface area contributed by atoms with Crippen molar-refractivity contribution in [2.24, 2.45) is 5.92 Å². The van der Waals surface area contributed by atoms with Gasteiger partial charge in [0, 0.05) is 46.7 Å². The maximum Gasteiger partial charge on any atom is 0.290 e. The Labute approximate surface area is 288 Å². The van der Waals surface area contributed by atoms with Gasteiger partial charge in [0.05, 0.1) is 49.5 Å². The Bertz CT molecular complexity index is 1890. The summed E-state index contributed by atoms with van der Waals surface area (Å²) in [5.74, 6) is -1.82. The number of para-hydroxylation sites is 1. The number of hydrogen-bond donors (Lipinski definition) is 2. The maximum absolute atomic E-state index is 13.8. The zero-order valence-electron chi connectivity index (χ0n) is 27.1. The van der Waals surface area contributed by atoms with Crippen molar-refractivity contribution in [2.45, 2.75) is 32.5 Å². The van der Waals surface area contributed by atoms with E-state index in [1.807, 2.05) is 31.2 Å². The molecule has 2 aliphatic rings. The molecule has 2 aliphatic heterocycles. The van der Waals surface area contributed by atoms with Crippen LogP contribution in [-0.4, -0.2) is 68.8 Å². The summed E-state index contributed by atoms with van der Waals surface area (Å²) in [7, 11) is 0. The Morgan fingerprint density at radius 2 is 1.76 bits per heavy atom. The molecule has 11 nitrogen and oxygen atoms in total. The summed E-state index contributed by atoms with van der Waals surface area (Å²) in [6.45, 7) is 5.32. The molecule has 0 aliphatic carbocycles. The third-order valence-electron chi connectivity index (χ3n) is 8.56. The van der Waals surface area contributed by atoms with Crippen LogP contribution < -0.4 is 10.2 Å². The molecule has 3 atom stereocenters. The summed E-state index contributed by atoms with van der Waals surface area (Å²) in [6.07, 6.45) is 3.31. The van der Waals surface area contributed by atoms with E-state index >= 15 is 0 Å². The fraction of sp³-hybridized carbons (Fsp3) is 0.324. The minimum absolute atomic E-state index is 0.0467. The Hall–Kier alpha value is -4.52. The second-order valence-corrected chi connectivity index (χ2v) is 12.1. The van der Waals surface area contributed by atoms with Crippen molar-refractivity contribution in [3.05, 3.63) is 106 Å². The van der Waals surface area contributed by atoms with E-state index in [4.69, 9.17) is 40.1 Å². The lowest BCUT2D eigenvalue weighted by atomic mass is 9.81. The molecule has 2 N–H and O–H groups in total. The number of fused-ring (bicyclic) bond motifs is 2. The maximum atomic E-state index is 13.8. The zero-order chi connectivity index (χ0) is 34.5. The highest BCUT2D eigenvalue weighted by Gasteiger charge is 2.40. The van der Waals surface area contributed by atoms with Gasteiger partial charge in [0.1, 0.15) is 5.58 Å². The van der Waals surface area contributed by atoms with Crippen LogP contribution in [0.4, 0.5) is 11.4 Å². The van der Waals surface area contributed by atoms with Crippen LogP contribution in [0.25, 0.3) is 11.0 Å². The molecular weight excluding hydrogens is 652 g/mol. The monoisotopic (exact) mass is 688 g/mol. The predicted molar refractivity (Wildman–Crippen MR) is 183 cm³/mol. The van der Waals surface area contributed by atoms with Gasteiger partial charge in [0.2, 0.25) is 6.29 Å². The van der Waals surface area contributed by atoms with Gasteiger partial charge in [0.15, 0.2) is 5.76 Å². The summed E-state index contributed by atoms with van der Waals surface area (Å²) < 4.78 is 29.3. The lowest BCUT2D eigenvalue weighted by Gasteiger charge is -2.36. The Morgan fingerprint density at radius 3 is 2.53 bits per heavy atom. The van der Waals surface area contributed by atoms with E-state index in [0.717, 1.165) is 21.4 Å². The molecule has 0 bridgehead atoms. The second-order valence-electron chi connectivity index (χ2n) is 11.7. The van der Waals surface area contributed by atoms with Crippen molar-refractivity contribution in [1.82, 2.24) is 0 Å². The van der Waals surface area contributed by atoms with Gasteiger partial charge < -0.3 is 33.8 Å². The number of halogens is 1. The number of nitrogens with zero attached hydrogens (tertiary/aromatic N) is 1.